The minimum atomic E-state index is -1.24. The van der Waals surface area contributed by atoms with Crippen LogP contribution in [-0.2, 0) is 11.3 Å². The van der Waals surface area contributed by atoms with Gasteiger partial charge in [-0.3, -0.25) is 19.0 Å². The van der Waals surface area contributed by atoms with Gasteiger partial charge < -0.3 is 10.4 Å². The van der Waals surface area contributed by atoms with Gasteiger partial charge >= 0.3 is 5.97 Å². The number of aromatic nitrogens is 2. The molecule has 1 amide bonds. The van der Waals surface area contributed by atoms with Gasteiger partial charge in [0.05, 0.1) is 10.9 Å². The van der Waals surface area contributed by atoms with Crippen molar-refractivity contribution in [1.82, 2.24) is 9.55 Å². The molecule has 0 unspecified atom stereocenters. The first-order valence-corrected chi connectivity index (χ1v) is 10.4. The zero-order valence-electron chi connectivity index (χ0n) is 16.9. The average Bonchev–Trinajstić information content (AvgIpc) is 3.21. The molecular weight excluding hydrogens is 430 g/mol. The van der Waals surface area contributed by atoms with Crippen molar-refractivity contribution in [2.24, 2.45) is 0 Å². The van der Waals surface area contributed by atoms with Gasteiger partial charge in [0.25, 0.3) is 5.56 Å². The summed E-state index contributed by atoms with van der Waals surface area (Å²) in [6.45, 7) is 1.04. The number of carboxylic acids is 1. The Balaban J connectivity index is 1.78. The number of ketones is 1. The maximum absolute atomic E-state index is 13.3. The summed E-state index contributed by atoms with van der Waals surface area (Å²) in [7, 11) is 0. The van der Waals surface area contributed by atoms with Crippen molar-refractivity contribution in [3.63, 3.8) is 0 Å². The quantitative estimate of drug-likeness (QED) is 0.436. The van der Waals surface area contributed by atoms with E-state index in [1.807, 2.05) is 6.07 Å². The number of nitrogens with zero attached hydrogens (tertiary/aromatic N) is 2. The lowest BCUT2D eigenvalue weighted by Crippen LogP contribution is -2.30. The van der Waals surface area contributed by atoms with Crippen LogP contribution < -0.4 is 10.9 Å². The number of rotatable bonds is 6. The fourth-order valence-electron chi connectivity index (χ4n) is 3.30. The fraction of sp³-hybridized carbons (Fsp3) is 0.0870. The Bertz CT molecular complexity index is 1420. The third-order valence-electron chi connectivity index (χ3n) is 4.81. The van der Waals surface area contributed by atoms with Gasteiger partial charge in [-0.25, -0.2) is 9.78 Å². The van der Waals surface area contributed by atoms with Crippen molar-refractivity contribution >= 4 is 44.9 Å². The van der Waals surface area contributed by atoms with Crippen LogP contribution in [0.5, 0.6) is 0 Å². The highest BCUT2D eigenvalue weighted by Gasteiger charge is 2.21. The summed E-state index contributed by atoms with van der Waals surface area (Å²) in [6.07, 6.45) is 0. The highest BCUT2D eigenvalue weighted by atomic mass is 32.1. The molecule has 8 nitrogen and oxygen atoms in total. The number of benzene rings is 2. The van der Waals surface area contributed by atoms with Crippen molar-refractivity contribution < 1.29 is 19.5 Å². The third-order valence-corrected chi connectivity index (χ3v) is 5.68. The minimum absolute atomic E-state index is 0.0337. The molecule has 0 aliphatic heterocycles. The van der Waals surface area contributed by atoms with Gasteiger partial charge in [0.15, 0.2) is 5.78 Å². The van der Waals surface area contributed by atoms with Crippen molar-refractivity contribution in [3.05, 3.63) is 81.5 Å². The van der Waals surface area contributed by atoms with Crippen LogP contribution in [0.3, 0.4) is 0 Å². The molecule has 0 spiro atoms. The zero-order chi connectivity index (χ0) is 22.8. The van der Waals surface area contributed by atoms with Crippen molar-refractivity contribution in [2.75, 3.05) is 5.32 Å². The molecule has 0 aliphatic rings. The number of fused-ring (bicyclic) bond motifs is 1. The van der Waals surface area contributed by atoms with E-state index in [9.17, 15) is 24.3 Å². The second kappa shape index (κ2) is 8.56. The molecular formula is C23H17N3O5S. The Hall–Kier alpha value is -4.11. The number of amides is 1. The predicted octanol–water partition coefficient (Wildman–Crippen LogP) is 3.66. The predicted molar refractivity (Wildman–Crippen MR) is 121 cm³/mol. The average molecular weight is 447 g/mol. The summed E-state index contributed by atoms with van der Waals surface area (Å²) < 4.78 is 1.17. The van der Waals surface area contributed by atoms with Crippen LogP contribution in [0, 0.1) is 0 Å². The lowest BCUT2D eigenvalue weighted by Gasteiger charge is -2.13. The van der Waals surface area contributed by atoms with Crippen LogP contribution in [0.2, 0.25) is 0 Å². The van der Waals surface area contributed by atoms with Crippen molar-refractivity contribution in [3.8, 4) is 11.4 Å². The van der Waals surface area contributed by atoms with Gasteiger partial charge in [-0.05, 0) is 19.1 Å². The molecule has 2 N–H and O–H groups in total. The lowest BCUT2D eigenvalue weighted by molar-refractivity contribution is -0.116. The standard InChI is InChI=1S/C23H17N3O5S/c1-13(27)15-8-5-9-16(10-15)24-18(28)11-26-20(14-6-3-2-4-7-14)25-21-19(22(26)29)17(12-32-21)23(30)31/h2-10,12H,11H2,1H3,(H,24,28)(H,30,31). The Morgan fingerprint density at radius 3 is 2.53 bits per heavy atom. The van der Waals surface area contributed by atoms with Gasteiger partial charge in [-0.15, -0.1) is 11.3 Å². The van der Waals surface area contributed by atoms with Gasteiger partial charge in [0, 0.05) is 22.2 Å². The number of anilines is 1. The first-order chi connectivity index (χ1) is 15.3. The SMILES string of the molecule is CC(=O)c1cccc(NC(=O)Cn2c(-c3ccccc3)nc3scc(C(=O)O)c3c2=O)c1. The molecule has 0 saturated carbocycles. The molecule has 4 aromatic rings. The molecule has 2 aromatic heterocycles. The fourth-order valence-corrected chi connectivity index (χ4v) is 4.20. The third kappa shape index (κ3) is 4.06. The molecule has 0 radical (unpaired) electrons. The van der Waals surface area contributed by atoms with Gasteiger partial charge in [0.1, 0.15) is 17.2 Å². The normalized spacial score (nSPS) is 10.8. The number of nitrogens with one attached hydrogen (secondary N) is 1. The summed E-state index contributed by atoms with van der Waals surface area (Å²) in [4.78, 5) is 54.0. The Labute approximate surface area is 185 Å². The Kier molecular flexibility index (Phi) is 5.65. The van der Waals surface area contributed by atoms with E-state index in [0.717, 1.165) is 11.3 Å². The lowest BCUT2D eigenvalue weighted by atomic mass is 10.1. The highest BCUT2D eigenvalue weighted by Crippen LogP contribution is 2.25. The first-order valence-electron chi connectivity index (χ1n) is 9.56. The largest absolute Gasteiger partial charge is 0.478 e. The number of hydrogen-bond acceptors (Lipinski definition) is 6. The van der Waals surface area contributed by atoms with Gasteiger partial charge in [-0.1, -0.05) is 42.5 Å². The molecule has 0 saturated heterocycles. The van der Waals surface area contributed by atoms with E-state index in [1.54, 1.807) is 48.5 Å². The Morgan fingerprint density at radius 1 is 1.09 bits per heavy atom. The molecule has 32 heavy (non-hydrogen) atoms. The van der Waals surface area contributed by atoms with Crippen LogP contribution in [-0.4, -0.2) is 32.3 Å². The second-order valence-electron chi connectivity index (χ2n) is 7.01. The van der Waals surface area contributed by atoms with Crippen molar-refractivity contribution in [2.45, 2.75) is 13.5 Å². The van der Waals surface area contributed by atoms with Crippen LogP contribution in [0.15, 0.2) is 64.8 Å². The van der Waals surface area contributed by atoms with E-state index < -0.39 is 17.4 Å². The molecule has 4 rings (SSSR count). The van der Waals surface area contributed by atoms with Gasteiger partial charge in [-0.2, -0.15) is 0 Å². The number of carboxylic acid groups (broad SMARTS) is 1. The molecule has 0 atom stereocenters. The summed E-state index contributed by atoms with van der Waals surface area (Å²) in [5, 5.41) is 13.5. The molecule has 0 fully saturated rings. The highest BCUT2D eigenvalue weighted by molar-refractivity contribution is 7.17. The first kappa shape index (κ1) is 21.1. The minimum Gasteiger partial charge on any atom is -0.478 e. The number of carbonyl (C=O) groups is 3. The maximum Gasteiger partial charge on any atom is 0.337 e. The summed E-state index contributed by atoms with van der Waals surface area (Å²) >= 11 is 1.06. The number of carbonyl (C=O) groups excluding carboxylic acids is 2. The van der Waals surface area contributed by atoms with E-state index in [2.05, 4.69) is 10.3 Å². The van der Waals surface area contributed by atoms with Gasteiger partial charge in [0.2, 0.25) is 5.91 Å². The van der Waals surface area contributed by atoms with E-state index in [1.165, 1.54) is 16.9 Å². The van der Waals surface area contributed by atoms with Crippen molar-refractivity contribution in [1.29, 1.82) is 0 Å². The molecule has 160 valence electrons. The zero-order valence-corrected chi connectivity index (χ0v) is 17.7. The number of hydrogen-bond donors (Lipinski definition) is 2. The number of thiophene rings is 1. The Morgan fingerprint density at radius 2 is 1.84 bits per heavy atom. The monoisotopic (exact) mass is 447 g/mol. The number of Topliss-reactive ketones (excluding diaryl/α,β-unsaturated/α-hetero) is 1. The van der Waals surface area contributed by atoms with E-state index in [4.69, 9.17) is 0 Å². The summed E-state index contributed by atoms with van der Waals surface area (Å²) in [5.41, 5.74) is 0.707. The van der Waals surface area contributed by atoms with E-state index in [0.29, 0.717) is 16.8 Å². The smallest absolute Gasteiger partial charge is 0.337 e. The summed E-state index contributed by atoms with van der Waals surface area (Å²) in [5.74, 6) is -1.63. The van der Waals surface area contributed by atoms with E-state index >= 15 is 0 Å². The molecule has 2 heterocycles. The maximum atomic E-state index is 13.3. The van der Waals surface area contributed by atoms with Crippen LogP contribution in [0.1, 0.15) is 27.6 Å². The second-order valence-corrected chi connectivity index (χ2v) is 7.87. The van der Waals surface area contributed by atoms with Crippen LogP contribution in [0.4, 0.5) is 5.69 Å². The van der Waals surface area contributed by atoms with Crippen LogP contribution >= 0.6 is 11.3 Å². The van der Waals surface area contributed by atoms with E-state index in [-0.39, 0.29) is 33.9 Å². The molecule has 0 bridgehead atoms. The number of aromatic carboxylic acids is 1. The van der Waals surface area contributed by atoms with Crippen LogP contribution in [0.25, 0.3) is 21.6 Å². The topological polar surface area (TPSA) is 118 Å². The summed E-state index contributed by atoms with van der Waals surface area (Å²) in [6, 6.07) is 15.3. The molecule has 9 heteroatoms. The molecule has 0 aliphatic carbocycles. The molecule has 2 aromatic carbocycles.